The molecule has 2 rings (SSSR count). The normalized spacial score (nSPS) is 9.56. The van der Waals surface area contributed by atoms with Gasteiger partial charge in [-0.2, -0.15) is 5.26 Å². The van der Waals surface area contributed by atoms with E-state index < -0.39 is 11.7 Å². The fourth-order valence-electron chi connectivity index (χ4n) is 1.39. The van der Waals surface area contributed by atoms with E-state index in [-0.39, 0.29) is 5.69 Å². The Hall–Kier alpha value is -2.74. The lowest BCUT2D eigenvalue weighted by Gasteiger charge is -2.04. The Bertz CT molecular complexity index is 634. The highest BCUT2D eigenvalue weighted by Crippen LogP contribution is 2.10. The number of amides is 1. The van der Waals surface area contributed by atoms with Crippen LogP contribution in [-0.4, -0.2) is 10.9 Å². The molecule has 0 saturated carbocycles. The Morgan fingerprint density at radius 3 is 2.89 bits per heavy atom. The van der Waals surface area contributed by atoms with Crippen molar-refractivity contribution in [3.63, 3.8) is 0 Å². The second-order valence-electron chi connectivity index (χ2n) is 3.51. The summed E-state index contributed by atoms with van der Waals surface area (Å²) in [5.74, 6) is -0.927. The average Bonchev–Trinajstić information content (AvgIpc) is 2.39. The van der Waals surface area contributed by atoms with Gasteiger partial charge in [0, 0.05) is 11.9 Å². The standard InChI is InChI=1S/C13H8FN3O/c14-10-2-1-3-11(7-10)17-13(18)12-6-9(8-15)4-5-16-12/h1-7H,(H,17,18). The number of hydrogen-bond donors (Lipinski definition) is 1. The van der Waals surface area contributed by atoms with Gasteiger partial charge >= 0.3 is 0 Å². The second-order valence-corrected chi connectivity index (χ2v) is 3.51. The van der Waals surface area contributed by atoms with Crippen LogP contribution in [0.15, 0.2) is 42.6 Å². The molecule has 1 amide bonds. The van der Waals surface area contributed by atoms with Crippen molar-refractivity contribution < 1.29 is 9.18 Å². The number of carbonyl (C=O) groups excluding carboxylic acids is 1. The first-order valence-corrected chi connectivity index (χ1v) is 5.12. The van der Waals surface area contributed by atoms with Crippen LogP contribution in [0.4, 0.5) is 10.1 Å². The maximum Gasteiger partial charge on any atom is 0.274 e. The number of anilines is 1. The summed E-state index contributed by atoms with van der Waals surface area (Å²) >= 11 is 0. The molecule has 88 valence electrons. The minimum atomic E-state index is -0.488. The Labute approximate surface area is 103 Å². The number of hydrogen-bond acceptors (Lipinski definition) is 3. The van der Waals surface area contributed by atoms with E-state index in [0.29, 0.717) is 11.3 Å². The van der Waals surface area contributed by atoms with Crippen LogP contribution in [0.2, 0.25) is 0 Å². The summed E-state index contributed by atoms with van der Waals surface area (Å²) in [5.41, 5.74) is 0.789. The van der Waals surface area contributed by atoms with E-state index in [1.165, 1.54) is 36.5 Å². The van der Waals surface area contributed by atoms with Crippen LogP contribution in [0.3, 0.4) is 0 Å². The van der Waals surface area contributed by atoms with E-state index in [1.807, 2.05) is 6.07 Å². The third kappa shape index (κ3) is 2.68. The zero-order valence-corrected chi connectivity index (χ0v) is 9.22. The number of nitriles is 1. The first-order chi connectivity index (χ1) is 8.69. The van der Waals surface area contributed by atoms with Crippen LogP contribution in [-0.2, 0) is 0 Å². The Morgan fingerprint density at radius 1 is 1.33 bits per heavy atom. The van der Waals surface area contributed by atoms with Crippen molar-refractivity contribution in [2.24, 2.45) is 0 Å². The number of rotatable bonds is 2. The van der Waals surface area contributed by atoms with Crippen molar-refractivity contribution >= 4 is 11.6 Å². The topological polar surface area (TPSA) is 65.8 Å². The van der Waals surface area contributed by atoms with E-state index in [4.69, 9.17) is 5.26 Å². The van der Waals surface area contributed by atoms with Gasteiger partial charge in [0.25, 0.3) is 5.91 Å². The third-order valence-corrected chi connectivity index (χ3v) is 2.20. The first kappa shape index (κ1) is 11.7. The number of aromatic nitrogens is 1. The van der Waals surface area contributed by atoms with Gasteiger partial charge in [-0.25, -0.2) is 4.39 Å². The lowest BCUT2D eigenvalue weighted by molar-refractivity contribution is 0.102. The molecule has 0 unspecified atom stereocenters. The van der Waals surface area contributed by atoms with E-state index in [1.54, 1.807) is 6.07 Å². The minimum Gasteiger partial charge on any atom is -0.321 e. The van der Waals surface area contributed by atoms with Gasteiger partial charge in [-0.3, -0.25) is 9.78 Å². The highest BCUT2D eigenvalue weighted by atomic mass is 19.1. The van der Waals surface area contributed by atoms with Gasteiger partial charge < -0.3 is 5.32 Å². The molecule has 0 aliphatic heterocycles. The van der Waals surface area contributed by atoms with Crippen molar-refractivity contribution in [1.82, 2.24) is 4.98 Å². The lowest BCUT2D eigenvalue weighted by Crippen LogP contribution is -2.13. The summed E-state index contributed by atoms with van der Waals surface area (Å²) in [6.45, 7) is 0. The molecule has 0 aliphatic carbocycles. The van der Waals surface area contributed by atoms with Gasteiger partial charge in [0.05, 0.1) is 11.6 Å². The van der Waals surface area contributed by atoms with Crippen LogP contribution in [0, 0.1) is 17.1 Å². The largest absolute Gasteiger partial charge is 0.321 e. The van der Waals surface area contributed by atoms with Gasteiger partial charge in [0.2, 0.25) is 0 Å². The molecule has 18 heavy (non-hydrogen) atoms. The zero-order valence-electron chi connectivity index (χ0n) is 9.22. The monoisotopic (exact) mass is 241 g/mol. The number of nitrogens with zero attached hydrogens (tertiary/aromatic N) is 2. The third-order valence-electron chi connectivity index (χ3n) is 2.20. The number of pyridine rings is 1. The summed E-state index contributed by atoms with van der Waals surface area (Å²) in [5, 5.41) is 11.2. The van der Waals surface area contributed by atoms with Crippen molar-refractivity contribution in [3.8, 4) is 6.07 Å². The van der Waals surface area contributed by atoms with E-state index >= 15 is 0 Å². The van der Waals surface area contributed by atoms with Crippen LogP contribution >= 0.6 is 0 Å². The van der Waals surface area contributed by atoms with Gasteiger partial charge in [0.15, 0.2) is 0 Å². The molecule has 5 heteroatoms. The van der Waals surface area contributed by atoms with E-state index in [0.717, 1.165) is 0 Å². The molecular formula is C13H8FN3O. The average molecular weight is 241 g/mol. The molecule has 1 aromatic heterocycles. The summed E-state index contributed by atoms with van der Waals surface area (Å²) in [7, 11) is 0. The number of carbonyl (C=O) groups is 1. The smallest absolute Gasteiger partial charge is 0.274 e. The molecule has 0 fully saturated rings. The Kier molecular flexibility index (Phi) is 3.30. The molecule has 1 aromatic carbocycles. The molecule has 1 heterocycles. The van der Waals surface area contributed by atoms with Crippen molar-refractivity contribution in [1.29, 1.82) is 5.26 Å². The quantitative estimate of drug-likeness (QED) is 0.877. The number of benzene rings is 1. The Morgan fingerprint density at radius 2 is 2.17 bits per heavy atom. The maximum absolute atomic E-state index is 12.9. The van der Waals surface area contributed by atoms with Crippen LogP contribution in [0.1, 0.15) is 16.1 Å². The fourth-order valence-corrected chi connectivity index (χ4v) is 1.39. The fraction of sp³-hybridized carbons (Fsp3) is 0. The zero-order chi connectivity index (χ0) is 13.0. The van der Waals surface area contributed by atoms with Gasteiger partial charge in [-0.1, -0.05) is 6.07 Å². The molecular weight excluding hydrogens is 233 g/mol. The summed E-state index contributed by atoms with van der Waals surface area (Å²) in [6, 6.07) is 10.3. The van der Waals surface area contributed by atoms with Gasteiger partial charge in [0.1, 0.15) is 11.5 Å². The molecule has 4 nitrogen and oxygen atoms in total. The number of nitrogens with one attached hydrogen (secondary N) is 1. The molecule has 0 spiro atoms. The first-order valence-electron chi connectivity index (χ1n) is 5.12. The number of halogens is 1. The molecule has 1 N–H and O–H groups in total. The summed E-state index contributed by atoms with van der Waals surface area (Å²) < 4.78 is 12.9. The predicted molar refractivity (Wildman–Crippen MR) is 63.3 cm³/mol. The lowest BCUT2D eigenvalue weighted by atomic mass is 10.2. The molecule has 2 aromatic rings. The molecule has 0 saturated heterocycles. The van der Waals surface area contributed by atoms with Crippen molar-refractivity contribution in [2.45, 2.75) is 0 Å². The summed E-state index contributed by atoms with van der Waals surface area (Å²) in [4.78, 5) is 15.6. The van der Waals surface area contributed by atoms with Gasteiger partial charge in [-0.15, -0.1) is 0 Å². The van der Waals surface area contributed by atoms with Gasteiger partial charge in [-0.05, 0) is 30.3 Å². The minimum absolute atomic E-state index is 0.110. The Balaban J connectivity index is 2.20. The second kappa shape index (κ2) is 5.06. The highest BCUT2D eigenvalue weighted by Gasteiger charge is 2.08. The SMILES string of the molecule is N#Cc1ccnc(C(=O)Nc2cccc(F)c2)c1. The van der Waals surface area contributed by atoms with Crippen molar-refractivity contribution in [2.75, 3.05) is 5.32 Å². The summed E-state index contributed by atoms with van der Waals surface area (Å²) in [6.07, 6.45) is 1.37. The highest BCUT2D eigenvalue weighted by molar-refractivity contribution is 6.02. The van der Waals surface area contributed by atoms with Crippen molar-refractivity contribution in [3.05, 3.63) is 59.7 Å². The van der Waals surface area contributed by atoms with Crippen LogP contribution in [0.5, 0.6) is 0 Å². The molecule has 0 bridgehead atoms. The van der Waals surface area contributed by atoms with Crippen LogP contribution in [0.25, 0.3) is 0 Å². The maximum atomic E-state index is 12.9. The predicted octanol–water partition coefficient (Wildman–Crippen LogP) is 2.34. The van der Waals surface area contributed by atoms with E-state index in [9.17, 15) is 9.18 Å². The molecule has 0 atom stereocenters. The van der Waals surface area contributed by atoms with E-state index in [2.05, 4.69) is 10.3 Å². The van der Waals surface area contributed by atoms with Crippen LogP contribution < -0.4 is 5.32 Å². The molecule has 0 radical (unpaired) electrons. The molecule has 0 aliphatic rings.